The maximum atomic E-state index is 14.3. The Balaban J connectivity index is 2.35. The summed E-state index contributed by atoms with van der Waals surface area (Å²) in [5.41, 5.74) is 1.09. The van der Waals surface area contributed by atoms with Crippen LogP contribution in [0.1, 0.15) is 29.5 Å². The first-order chi connectivity index (χ1) is 15.0. The summed E-state index contributed by atoms with van der Waals surface area (Å²) in [5.74, 6) is 0.490. The molecule has 0 spiro atoms. The fraction of sp³-hybridized carbons (Fsp3) is 0.381. The van der Waals surface area contributed by atoms with Gasteiger partial charge in [-0.25, -0.2) is 13.6 Å². The molecule has 2 aromatic carbocycles. The summed E-state index contributed by atoms with van der Waals surface area (Å²) in [4.78, 5) is -0.331. The Labute approximate surface area is 184 Å². The lowest BCUT2D eigenvalue weighted by molar-refractivity contribution is -0.164. The third kappa shape index (κ3) is 4.19. The SMILES string of the molecule is COc1ccc(C2(CCCO)C(c3ccccc3S(N)(=O)=O)=NNC2C(F)(F)F)cc1C. The van der Waals surface area contributed by atoms with E-state index in [-0.39, 0.29) is 41.2 Å². The van der Waals surface area contributed by atoms with Crippen LogP contribution in [0.3, 0.4) is 0 Å². The van der Waals surface area contributed by atoms with Gasteiger partial charge in [0.15, 0.2) is 6.04 Å². The highest BCUT2D eigenvalue weighted by molar-refractivity contribution is 7.89. The summed E-state index contributed by atoms with van der Waals surface area (Å²) in [5, 5.41) is 18.8. The summed E-state index contributed by atoms with van der Waals surface area (Å²) in [6.07, 6.45) is -4.86. The van der Waals surface area contributed by atoms with Gasteiger partial charge in [0.1, 0.15) is 5.75 Å². The Morgan fingerprint density at radius 3 is 2.50 bits per heavy atom. The number of hydrogen-bond acceptors (Lipinski definition) is 6. The number of halogens is 3. The van der Waals surface area contributed by atoms with Crippen molar-refractivity contribution >= 4 is 15.7 Å². The molecule has 11 heteroatoms. The van der Waals surface area contributed by atoms with Gasteiger partial charge >= 0.3 is 6.18 Å². The molecule has 0 saturated carbocycles. The normalized spacial score (nSPS) is 21.2. The van der Waals surface area contributed by atoms with Crippen LogP contribution in [0.4, 0.5) is 13.2 Å². The number of aliphatic hydroxyl groups excluding tert-OH is 1. The second-order valence-electron chi connectivity index (χ2n) is 7.59. The van der Waals surface area contributed by atoms with Crippen molar-refractivity contribution in [3.05, 3.63) is 59.2 Å². The summed E-state index contributed by atoms with van der Waals surface area (Å²) in [6, 6.07) is 8.01. The van der Waals surface area contributed by atoms with Crippen LogP contribution < -0.4 is 15.3 Å². The van der Waals surface area contributed by atoms with Crippen LogP contribution >= 0.6 is 0 Å². The molecule has 0 amide bonds. The lowest BCUT2D eigenvalue weighted by atomic mass is 9.66. The number of benzene rings is 2. The van der Waals surface area contributed by atoms with E-state index in [2.05, 4.69) is 10.5 Å². The van der Waals surface area contributed by atoms with Gasteiger partial charge in [0.05, 0.1) is 23.1 Å². The molecule has 32 heavy (non-hydrogen) atoms. The molecule has 0 fully saturated rings. The minimum Gasteiger partial charge on any atom is -0.496 e. The lowest BCUT2D eigenvalue weighted by Gasteiger charge is -2.38. The molecule has 0 radical (unpaired) electrons. The Morgan fingerprint density at radius 1 is 1.25 bits per heavy atom. The van der Waals surface area contributed by atoms with E-state index < -0.39 is 27.7 Å². The number of aryl methyl sites for hydroxylation is 1. The third-order valence-corrected chi connectivity index (χ3v) is 6.61. The predicted octanol–water partition coefficient (Wildman–Crippen LogP) is 2.60. The molecule has 0 aliphatic carbocycles. The quantitative estimate of drug-likeness (QED) is 0.575. The van der Waals surface area contributed by atoms with Gasteiger partial charge in [0.2, 0.25) is 10.0 Å². The number of aliphatic hydroxyl groups is 1. The van der Waals surface area contributed by atoms with E-state index in [9.17, 15) is 26.7 Å². The molecule has 2 unspecified atom stereocenters. The van der Waals surface area contributed by atoms with E-state index in [4.69, 9.17) is 9.88 Å². The van der Waals surface area contributed by atoms with Crippen molar-refractivity contribution in [3.63, 3.8) is 0 Å². The van der Waals surface area contributed by atoms with Crippen LogP contribution in [-0.2, 0) is 15.4 Å². The first-order valence-electron chi connectivity index (χ1n) is 9.75. The number of nitrogens with zero attached hydrogens (tertiary/aromatic N) is 1. The van der Waals surface area contributed by atoms with Crippen LogP contribution in [0.2, 0.25) is 0 Å². The van der Waals surface area contributed by atoms with Gasteiger partial charge in [-0.1, -0.05) is 30.3 Å². The molecule has 0 bridgehead atoms. The lowest BCUT2D eigenvalue weighted by Crippen LogP contribution is -2.55. The van der Waals surface area contributed by atoms with Gasteiger partial charge in [-0.2, -0.15) is 18.3 Å². The Hall–Kier alpha value is -2.63. The fourth-order valence-corrected chi connectivity index (χ4v) is 5.00. The van der Waals surface area contributed by atoms with Crippen LogP contribution in [0.25, 0.3) is 0 Å². The van der Waals surface area contributed by atoms with E-state index in [1.807, 2.05) is 0 Å². The van der Waals surface area contributed by atoms with Crippen molar-refractivity contribution in [3.8, 4) is 5.75 Å². The number of nitrogens with two attached hydrogens (primary N) is 1. The number of rotatable bonds is 7. The monoisotopic (exact) mass is 471 g/mol. The van der Waals surface area contributed by atoms with Gasteiger partial charge in [-0.05, 0) is 43.0 Å². The molecule has 0 aromatic heterocycles. The second kappa shape index (κ2) is 8.72. The minimum atomic E-state index is -4.73. The van der Waals surface area contributed by atoms with Crippen LogP contribution in [0.5, 0.6) is 5.75 Å². The molecule has 174 valence electrons. The highest BCUT2D eigenvalue weighted by Gasteiger charge is 2.60. The molecule has 7 nitrogen and oxygen atoms in total. The first kappa shape index (κ1) is 24.0. The first-order valence-corrected chi connectivity index (χ1v) is 11.3. The van der Waals surface area contributed by atoms with Gasteiger partial charge in [-0.15, -0.1) is 0 Å². The van der Waals surface area contributed by atoms with Crippen LogP contribution in [-0.4, -0.2) is 45.2 Å². The smallest absolute Gasteiger partial charge is 0.411 e. The topological polar surface area (TPSA) is 114 Å². The van der Waals surface area contributed by atoms with Gasteiger partial charge < -0.3 is 9.84 Å². The number of methoxy groups -OCH3 is 1. The number of ether oxygens (including phenoxy) is 1. The van der Waals surface area contributed by atoms with Gasteiger partial charge in [0, 0.05) is 12.2 Å². The number of hydrazone groups is 1. The molecule has 2 aromatic rings. The number of sulfonamides is 1. The van der Waals surface area contributed by atoms with Crippen molar-refractivity contribution < 1.29 is 31.4 Å². The molecule has 0 saturated heterocycles. The molecule has 4 N–H and O–H groups in total. The fourth-order valence-electron chi connectivity index (χ4n) is 4.26. The summed E-state index contributed by atoms with van der Waals surface area (Å²) >= 11 is 0. The third-order valence-electron chi connectivity index (χ3n) is 5.64. The van der Waals surface area contributed by atoms with Crippen LogP contribution in [0.15, 0.2) is 52.5 Å². The van der Waals surface area contributed by atoms with Crippen molar-refractivity contribution in [2.24, 2.45) is 10.2 Å². The van der Waals surface area contributed by atoms with Crippen molar-refractivity contribution in [1.82, 2.24) is 5.43 Å². The standard InChI is InChI=1S/C21H24F3N3O4S/c1-13-12-14(8-9-16(13)31-2)20(10-5-11-28)18(26-27-19(20)21(22,23)24)15-6-3-4-7-17(15)32(25,29)30/h3-4,6-9,12,19,27-28H,5,10-11H2,1-2H3,(H2,25,29,30). The zero-order chi connectivity index (χ0) is 23.7. The van der Waals surface area contributed by atoms with E-state index in [1.165, 1.54) is 37.4 Å². The number of nitrogens with one attached hydrogen (secondary N) is 1. The Bertz CT molecular complexity index is 1140. The highest BCUT2D eigenvalue weighted by Crippen LogP contribution is 2.47. The van der Waals surface area contributed by atoms with E-state index >= 15 is 0 Å². The average Bonchev–Trinajstić information content (AvgIpc) is 3.12. The summed E-state index contributed by atoms with van der Waals surface area (Å²) in [7, 11) is -2.80. The average molecular weight is 472 g/mol. The molecule has 1 aliphatic heterocycles. The van der Waals surface area contributed by atoms with Crippen LogP contribution in [0, 0.1) is 6.92 Å². The number of primary sulfonamides is 1. The van der Waals surface area contributed by atoms with Crippen molar-refractivity contribution in [1.29, 1.82) is 0 Å². The molecule has 2 atom stereocenters. The number of alkyl halides is 3. The molecule has 1 heterocycles. The maximum absolute atomic E-state index is 14.3. The van der Waals surface area contributed by atoms with E-state index in [0.717, 1.165) is 0 Å². The highest BCUT2D eigenvalue weighted by atomic mass is 32.2. The molecular weight excluding hydrogens is 447 g/mol. The number of hydrogen-bond donors (Lipinski definition) is 3. The maximum Gasteiger partial charge on any atom is 0.411 e. The Kier molecular flexibility index (Phi) is 6.55. The van der Waals surface area contributed by atoms with Gasteiger partial charge in [0.25, 0.3) is 0 Å². The zero-order valence-electron chi connectivity index (χ0n) is 17.5. The van der Waals surface area contributed by atoms with E-state index in [0.29, 0.717) is 11.3 Å². The predicted molar refractivity (Wildman–Crippen MR) is 113 cm³/mol. The Morgan fingerprint density at radius 2 is 1.94 bits per heavy atom. The molecule has 3 rings (SSSR count). The second-order valence-corrected chi connectivity index (χ2v) is 9.12. The summed E-state index contributed by atoms with van der Waals surface area (Å²) in [6.45, 7) is 1.34. The zero-order valence-corrected chi connectivity index (χ0v) is 18.3. The largest absolute Gasteiger partial charge is 0.496 e. The molecular formula is C21H24F3N3O4S. The van der Waals surface area contributed by atoms with Crippen molar-refractivity contribution in [2.45, 2.75) is 42.3 Å². The van der Waals surface area contributed by atoms with E-state index in [1.54, 1.807) is 19.1 Å². The van der Waals surface area contributed by atoms with Crippen molar-refractivity contribution in [2.75, 3.05) is 13.7 Å². The summed E-state index contributed by atoms with van der Waals surface area (Å²) < 4.78 is 72.5. The molecule has 1 aliphatic rings. The minimum absolute atomic E-state index is 0.0237. The van der Waals surface area contributed by atoms with Gasteiger partial charge in [-0.3, -0.25) is 5.43 Å².